The summed E-state index contributed by atoms with van der Waals surface area (Å²) in [5, 5.41) is 18.6. The van der Waals surface area contributed by atoms with Crippen LogP contribution in [0.5, 0.6) is 5.88 Å². The van der Waals surface area contributed by atoms with Crippen LogP contribution in [-0.4, -0.2) is 53.4 Å². The highest BCUT2D eigenvalue weighted by atomic mass is 16.5. The van der Waals surface area contributed by atoms with Gasteiger partial charge in [-0.3, -0.25) is 14.4 Å². The molecule has 174 valence electrons. The lowest BCUT2D eigenvalue weighted by molar-refractivity contribution is -0.128. The number of nitrogens with zero attached hydrogens (tertiary/aromatic N) is 2. The van der Waals surface area contributed by atoms with Crippen molar-refractivity contribution < 1.29 is 19.1 Å². The van der Waals surface area contributed by atoms with Crippen molar-refractivity contribution in [1.82, 2.24) is 25.9 Å². The van der Waals surface area contributed by atoms with Gasteiger partial charge in [-0.2, -0.15) is 5.26 Å². The molecule has 2 fully saturated rings. The van der Waals surface area contributed by atoms with Crippen molar-refractivity contribution in [3.8, 4) is 11.9 Å². The molecule has 2 aromatic heterocycles. The molecule has 1 saturated heterocycles. The Morgan fingerprint density at radius 3 is 2.82 bits per heavy atom. The number of hydrogen-bond acceptors (Lipinski definition) is 6. The summed E-state index contributed by atoms with van der Waals surface area (Å²) in [6.07, 6.45) is 5.92. The lowest BCUT2D eigenvalue weighted by Crippen LogP contribution is -2.50. The molecule has 2 aliphatic rings. The molecule has 3 unspecified atom stereocenters. The van der Waals surface area contributed by atoms with Gasteiger partial charge >= 0.3 is 0 Å². The van der Waals surface area contributed by atoms with Crippen molar-refractivity contribution >= 4 is 28.6 Å². The third-order valence-corrected chi connectivity index (χ3v) is 6.23. The summed E-state index contributed by atoms with van der Waals surface area (Å²) in [7, 11) is 1.51. The summed E-state index contributed by atoms with van der Waals surface area (Å²) in [5.74, 6) is -0.434. The van der Waals surface area contributed by atoms with Crippen LogP contribution in [0.25, 0.3) is 10.9 Å². The highest BCUT2D eigenvalue weighted by molar-refractivity contribution is 6.01. The maximum Gasteiger partial charge on any atom is 0.268 e. The monoisotopic (exact) mass is 452 g/mol. The first-order valence-electron chi connectivity index (χ1n) is 11.3. The third kappa shape index (κ3) is 5.42. The predicted molar refractivity (Wildman–Crippen MR) is 119 cm³/mol. The number of rotatable bonds is 9. The van der Waals surface area contributed by atoms with Crippen molar-refractivity contribution in [2.24, 2.45) is 11.8 Å². The fraction of sp³-hybridized carbons (Fsp3) is 0.522. The summed E-state index contributed by atoms with van der Waals surface area (Å²) in [6, 6.07) is 3.90. The molecular weight excluding hydrogens is 424 g/mol. The summed E-state index contributed by atoms with van der Waals surface area (Å²) in [6.45, 7) is 0.643. The van der Waals surface area contributed by atoms with E-state index >= 15 is 0 Å². The molecule has 1 aliphatic heterocycles. The smallest absolute Gasteiger partial charge is 0.268 e. The maximum atomic E-state index is 13.0. The molecule has 3 atom stereocenters. The number of amides is 3. The fourth-order valence-corrected chi connectivity index (χ4v) is 4.23. The third-order valence-electron chi connectivity index (χ3n) is 6.23. The lowest BCUT2D eigenvalue weighted by Gasteiger charge is -2.25. The molecule has 4 rings (SSSR count). The quantitative estimate of drug-likeness (QED) is 0.452. The molecule has 0 aromatic carbocycles. The highest BCUT2D eigenvalue weighted by Gasteiger charge is 2.33. The number of piperidine rings is 1. The second-order valence-electron chi connectivity index (χ2n) is 8.73. The van der Waals surface area contributed by atoms with Gasteiger partial charge in [0.15, 0.2) is 0 Å². The van der Waals surface area contributed by atoms with Crippen molar-refractivity contribution in [2.75, 3.05) is 13.7 Å². The van der Waals surface area contributed by atoms with Crippen LogP contribution in [0.4, 0.5) is 0 Å². The second-order valence-corrected chi connectivity index (χ2v) is 8.73. The van der Waals surface area contributed by atoms with Gasteiger partial charge in [-0.05, 0) is 43.7 Å². The number of nitriles is 1. The number of carbonyl (C=O) groups is 3. The highest BCUT2D eigenvalue weighted by Crippen LogP contribution is 2.34. The van der Waals surface area contributed by atoms with Gasteiger partial charge in [0.2, 0.25) is 17.7 Å². The Hall–Kier alpha value is -3.61. The van der Waals surface area contributed by atoms with Crippen LogP contribution < -0.4 is 20.7 Å². The molecule has 10 heteroatoms. The largest absolute Gasteiger partial charge is 0.481 e. The van der Waals surface area contributed by atoms with Gasteiger partial charge in [0.05, 0.1) is 24.1 Å². The zero-order chi connectivity index (χ0) is 23.4. The number of H-pyrrole nitrogens is 1. The average molecular weight is 453 g/mol. The van der Waals surface area contributed by atoms with Gasteiger partial charge in [0.1, 0.15) is 17.8 Å². The van der Waals surface area contributed by atoms with Crippen molar-refractivity contribution in [1.29, 1.82) is 5.26 Å². The van der Waals surface area contributed by atoms with Gasteiger partial charge in [0, 0.05) is 18.7 Å². The minimum atomic E-state index is -0.798. The van der Waals surface area contributed by atoms with E-state index in [9.17, 15) is 19.6 Å². The van der Waals surface area contributed by atoms with Crippen molar-refractivity contribution in [3.05, 3.63) is 24.0 Å². The fourth-order valence-electron chi connectivity index (χ4n) is 4.23. The molecule has 1 aliphatic carbocycles. The first-order valence-corrected chi connectivity index (χ1v) is 11.3. The van der Waals surface area contributed by atoms with E-state index in [0.717, 1.165) is 19.3 Å². The molecule has 2 aromatic rings. The Balaban J connectivity index is 1.43. The molecule has 0 spiro atoms. The SMILES string of the molecule is COc1nccc2[nH]c(C(=O)NC(CC3CC3)C(=O)NC(C#N)CC3CCCNC3=O)cc12. The van der Waals surface area contributed by atoms with Gasteiger partial charge in [0.25, 0.3) is 5.91 Å². The zero-order valence-electron chi connectivity index (χ0n) is 18.5. The van der Waals surface area contributed by atoms with Crippen LogP contribution in [0.15, 0.2) is 18.3 Å². The minimum absolute atomic E-state index is 0.0812. The molecule has 0 bridgehead atoms. The number of hydrogen-bond donors (Lipinski definition) is 4. The number of aromatic amines is 1. The van der Waals surface area contributed by atoms with Crippen LogP contribution in [0.3, 0.4) is 0 Å². The van der Waals surface area contributed by atoms with E-state index in [2.05, 4.69) is 32.0 Å². The molecule has 4 N–H and O–H groups in total. The van der Waals surface area contributed by atoms with Crippen LogP contribution in [0.1, 0.15) is 49.0 Å². The van der Waals surface area contributed by atoms with Gasteiger partial charge in [-0.25, -0.2) is 4.98 Å². The summed E-state index contributed by atoms with van der Waals surface area (Å²) < 4.78 is 5.24. The number of methoxy groups -OCH3 is 1. The Morgan fingerprint density at radius 2 is 2.12 bits per heavy atom. The van der Waals surface area contributed by atoms with Crippen LogP contribution in [0, 0.1) is 23.2 Å². The number of fused-ring (bicyclic) bond motifs is 1. The van der Waals surface area contributed by atoms with E-state index in [0.29, 0.717) is 47.8 Å². The molecule has 33 heavy (non-hydrogen) atoms. The lowest BCUT2D eigenvalue weighted by atomic mass is 9.92. The second kappa shape index (κ2) is 9.90. The van der Waals surface area contributed by atoms with E-state index in [1.54, 1.807) is 18.3 Å². The first kappa shape index (κ1) is 22.6. The van der Waals surface area contributed by atoms with Crippen LogP contribution in [-0.2, 0) is 9.59 Å². The van der Waals surface area contributed by atoms with E-state index in [1.807, 2.05) is 0 Å². The average Bonchev–Trinajstić information content (AvgIpc) is 3.53. The molecule has 1 saturated carbocycles. The minimum Gasteiger partial charge on any atom is -0.481 e. The predicted octanol–water partition coefficient (Wildman–Crippen LogP) is 1.39. The van der Waals surface area contributed by atoms with E-state index in [4.69, 9.17) is 4.74 Å². The molecule has 0 radical (unpaired) electrons. The summed E-state index contributed by atoms with van der Waals surface area (Å²) in [5.41, 5.74) is 0.992. The molecule has 3 heterocycles. The number of ether oxygens (including phenoxy) is 1. The number of pyridine rings is 1. The molecule has 10 nitrogen and oxygen atoms in total. The van der Waals surface area contributed by atoms with Gasteiger partial charge in [-0.15, -0.1) is 0 Å². The Kier molecular flexibility index (Phi) is 6.77. The topological polar surface area (TPSA) is 149 Å². The maximum absolute atomic E-state index is 13.0. The summed E-state index contributed by atoms with van der Waals surface area (Å²) >= 11 is 0. The van der Waals surface area contributed by atoms with Crippen LogP contribution >= 0.6 is 0 Å². The van der Waals surface area contributed by atoms with Gasteiger partial charge < -0.3 is 25.7 Å². The molecule has 3 amide bonds. The first-order chi connectivity index (χ1) is 16.0. The number of carbonyl (C=O) groups excluding carboxylic acids is 3. The standard InChI is InChI=1S/C23H28N6O4/c1-33-23-16-11-19(28-17(16)6-8-26-23)22(32)29-18(9-13-4-5-13)21(31)27-15(12-24)10-14-3-2-7-25-20(14)30/h6,8,11,13-15,18,28H,2-5,7,9-10H2,1H3,(H,25,30)(H,27,31)(H,29,32). The zero-order valence-corrected chi connectivity index (χ0v) is 18.5. The number of aromatic nitrogens is 2. The normalized spacial score (nSPS) is 19.8. The van der Waals surface area contributed by atoms with E-state index in [-0.39, 0.29) is 18.2 Å². The van der Waals surface area contributed by atoms with Crippen molar-refractivity contribution in [2.45, 2.75) is 50.6 Å². The Labute approximate surface area is 191 Å². The van der Waals surface area contributed by atoms with Gasteiger partial charge in [-0.1, -0.05) is 12.8 Å². The molecular formula is C23H28N6O4. The van der Waals surface area contributed by atoms with E-state index < -0.39 is 23.9 Å². The van der Waals surface area contributed by atoms with E-state index in [1.165, 1.54) is 7.11 Å². The Morgan fingerprint density at radius 1 is 1.30 bits per heavy atom. The number of nitrogens with one attached hydrogen (secondary N) is 4. The summed E-state index contributed by atoms with van der Waals surface area (Å²) in [4.78, 5) is 45.2. The Bertz CT molecular complexity index is 1090. The van der Waals surface area contributed by atoms with Crippen LogP contribution in [0.2, 0.25) is 0 Å². The van der Waals surface area contributed by atoms with Crippen molar-refractivity contribution in [3.63, 3.8) is 0 Å².